The van der Waals surface area contributed by atoms with Crippen LogP contribution in [0, 0.1) is 13.8 Å². The van der Waals surface area contributed by atoms with Crippen molar-refractivity contribution in [2.75, 3.05) is 0 Å². The number of ketones is 1. The fourth-order valence-electron chi connectivity index (χ4n) is 0.302. The number of aliphatic hydroxyl groups excluding tert-OH is 1. The van der Waals surface area contributed by atoms with Crippen molar-refractivity contribution in [3.8, 4) is 0 Å². The van der Waals surface area contributed by atoms with Crippen molar-refractivity contribution in [2.24, 2.45) is 0 Å². The number of hydrogen-bond donors (Lipinski definition) is 1. The zero-order chi connectivity index (χ0) is 9.86. The molecule has 0 amide bonds. The largest absolute Gasteiger partial charge is 3.00 e. The van der Waals surface area contributed by atoms with E-state index in [-0.39, 0.29) is 38.8 Å². The van der Waals surface area contributed by atoms with Gasteiger partial charge in [0, 0.05) is 0 Å². The van der Waals surface area contributed by atoms with E-state index in [1.54, 1.807) is 13.8 Å². The van der Waals surface area contributed by atoms with Gasteiger partial charge in [0.15, 0.2) is 0 Å². The second-order valence-electron chi connectivity index (χ2n) is 1.43. The summed E-state index contributed by atoms with van der Waals surface area (Å²) in [7, 11) is 0. The number of aliphatic hydroxyl groups is 1. The van der Waals surface area contributed by atoms with Gasteiger partial charge in [-0.2, -0.15) is 13.8 Å². The van der Waals surface area contributed by atoms with E-state index >= 15 is 0 Å². The van der Waals surface area contributed by atoms with Gasteiger partial charge in [-0.1, -0.05) is 0 Å². The summed E-state index contributed by atoms with van der Waals surface area (Å²) in [6.07, 6.45) is 1.28. The predicted octanol–water partition coefficient (Wildman–Crippen LogP) is 2.31. The molecule has 0 unspecified atom stereocenters. The summed E-state index contributed by atoms with van der Waals surface area (Å²) >= 11 is 0. The minimum Gasteiger partial charge on any atom is -0.512 e. The second-order valence-corrected chi connectivity index (χ2v) is 1.43. The van der Waals surface area contributed by atoms with Crippen LogP contribution < -0.4 is 0 Å². The third-order valence-corrected chi connectivity index (χ3v) is 0.418. The third kappa shape index (κ3) is 49.5. The molecule has 0 fully saturated rings. The Morgan fingerprint density at radius 1 is 1.17 bits per heavy atom. The van der Waals surface area contributed by atoms with E-state index in [2.05, 4.69) is 13.8 Å². The zero-order valence-corrected chi connectivity index (χ0v) is 13.0. The van der Waals surface area contributed by atoms with Gasteiger partial charge in [-0.25, -0.2) is 0 Å². The molecular formula is C9H19O2Tl+2. The fraction of sp³-hybridized carbons (Fsp3) is 0.444. The Balaban J connectivity index is -0.0000000560. The molecule has 0 aromatic carbocycles. The summed E-state index contributed by atoms with van der Waals surface area (Å²) < 4.78 is 0. The van der Waals surface area contributed by atoms with Crippen LogP contribution in [0.4, 0.5) is 0 Å². The maximum absolute atomic E-state index is 8.40. The Morgan fingerprint density at radius 2 is 1.42 bits per heavy atom. The van der Waals surface area contributed by atoms with E-state index in [4.69, 9.17) is 9.90 Å². The normalized spacial score (nSPS) is 7.67. The first-order chi connectivity index (χ1) is 5.13. The van der Waals surface area contributed by atoms with Gasteiger partial charge in [0.2, 0.25) is 0 Å². The summed E-state index contributed by atoms with van der Waals surface area (Å²) in [6.45, 7) is 13.0. The summed E-state index contributed by atoms with van der Waals surface area (Å²) in [5.41, 5.74) is 0. The molecule has 0 aliphatic heterocycles. The molecule has 12 heavy (non-hydrogen) atoms. The van der Waals surface area contributed by atoms with Crippen molar-refractivity contribution >= 4 is 33.1 Å². The number of rotatable bonds is 1. The zero-order valence-electron chi connectivity index (χ0n) is 8.46. The van der Waals surface area contributed by atoms with Crippen LogP contribution >= 0.6 is 0 Å². The molecule has 0 saturated carbocycles. The van der Waals surface area contributed by atoms with Gasteiger partial charge in [-0.05, 0) is 6.92 Å². The topological polar surface area (TPSA) is 41.6 Å². The van der Waals surface area contributed by atoms with Crippen LogP contribution in [-0.4, -0.2) is 43.0 Å². The molecule has 0 rings (SSSR count). The molecule has 0 saturated heterocycles. The van der Waals surface area contributed by atoms with Crippen molar-refractivity contribution in [3.05, 3.63) is 25.7 Å². The van der Waals surface area contributed by atoms with E-state index in [1.165, 1.54) is 19.9 Å². The minimum atomic E-state index is 0. The Hall–Kier alpha value is 0.132. The van der Waals surface area contributed by atoms with Crippen LogP contribution in [0.5, 0.6) is 0 Å². The van der Waals surface area contributed by atoms with E-state index < -0.39 is 0 Å². The SMILES string of the molecule is CC(=[OH+])/C=C(/C)O.[CH2-]C.[CH2-]C.[Tl+3]. The third-order valence-electron chi connectivity index (χ3n) is 0.418. The van der Waals surface area contributed by atoms with Crippen molar-refractivity contribution in [2.45, 2.75) is 27.7 Å². The Kier molecular flexibility index (Phi) is 42.6. The van der Waals surface area contributed by atoms with Crippen LogP contribution in [0.1, 0.15) is 27.7 Å². The monoisotopic (exact) mass is 364 g/mol. The van der Waals surface area contributed by atoms with E-state index in [1.807, 2.05) is 0 Å². The Bertz CT molecular complexity index is 105. The van der Waals surface area contributed by atoms with Crippen molar-refractivity contribution in [1.29, 1.82) is 0 Å². The number of carbonyl (C=O) groups excluding carboxylic acids is 1. The van der Waals surface area contributed by atoms with Crippen molar-refractivity contribution in [1.82, 2.24) is 0 Å². The smallest absolute Gasteiger partial charge is 0.512 e. The van der Waals surface area contributed by atoms with Gasteiger partial charge < -0.3 is 19.0 Å². The quantitative estimate of drug-likeness (QED) is 0.251. The summed E-state index contributed by atoms with van der Waals surface area (Å²) in [5, 5.41) is 8.40. The molecule has 0 heterocycles. The minimum absolute atomic E-state index is 0. The van der Waals surface area contributed by atoms with Gasteiger partial charge >= 0.3 is 33.1 Å². The van der Waals surface area contributed by atoms with Crippen LogP contribution in [-0.2, 0) is 0 Å². The molecule has 3 heteroatoms. The average Bonchev–Trinajstić information content (AvgIpc) is 1.93. The van der Waals surface area contributed by atoms with Crippen LogP contribution in [0.3, 0.4) is 0 Å². The van der Waals surface area contributed by atoms with Gasteiger partial charge in [0.05, 0.1) is 18.8 Å². The summed E-state index contributed by atoms with van der Waals surface area (Å²) in [5.74, 6) is 0.250. The standard InChI is InChI=1S/C5H8O2.2C2H5.Tl/c1-4(6)3-5(2)7;2*1-2;/h3,6H,1-2H3;2*1H2,2H3;/q;2*-1;+3/p+1/b4-3-;;;. The molecule has 68 valence electrons. The number of hydrogen-bond acceptors (Lipinski definition) is 1. The van der Waals surface area contributed by atoms with Crippen LogP contribution in [0.25, 0.3) is 0 Å². The Labute approximate surface area is 96.2 Å². The summed E-state index contributed by atoms with van der Waals surface area (Å²) in [6, 6.07) is 0. The average molecular weight is 364 g/mol. The first kappa shape index (κ1) is 22.7. The molecule has 0 radical (unpaired) electrons. The molecule has 0 aromatic rings. The Morgan fingerprint density at radius 3 is 1.42 bits per heavy atom. The second kappa shape index (κ2) is 22.5. The predicted molar refractivity (Wildman–Crippen MR) is 56.8 cm³/mol. The van der Waals surface area contributed by atoms with Crippen LogP contribution in [0.15, 0.2) is 11.8 Å². The van der Waals surface area contributed by atoms with Gasteiger partial charge in [-0.15, -0.1) is 0 Å². The molecule has 0 spiro atoms. The molecule has 0 aliphatic rings. The van der Waals surface area contributed by atoms with E-state index in [0.717, 1.165) is 0 Å². The fourth-order valence-corrected chi connectivity index (χ4v) is 0.302. The first-order valence-electron chi connectivity index (χ1n) is 3.44. The maximum atomic E-state index is 8.40. The molecule has 2 nitrogen and oxygen atoms in total. The van der Waals surface area contributed by atoms with Gasteiger partial charge in [-0.3, -0.25) is 4.79 Å². The summed E-state index contributed by atoms with van der Waals surface area (Å²) in [4.78, 5) is 8.40. The molecule has 2 N–H and O–H groups in total. The molecule has 0 atom stereocenters. The molecule has 0 aliphatic carbocycles. The van der Waals surface area contributed by atoms with Gasteiger partial charge in [0.25, 0.3) is 0 Å². The van der Waals surface area contributed by atoms with Gasteiger partial charge in [0.1, 0.15) is 0 Å². The number of allylic oxidation sites excluding steroid dienone is 2. The van der Waals surface area contributed by atoms with Crippen LogP contribution in [0.2, 0.25) is 0 Å². The maximum Gasteiger partial charge on any atom is 3.00 e. The van der Waals surface area contributed by atoms with Crippen molar-refractivity contribution < 1.29 is 9.90 Å². The molecular weight excluding hydrogens is 344 g/mol. The van der Waals surface area contributed by atoms with Crippen molar-refractivity contribution in [3.63, 3.8) is 0 Å². The first-order valence-corrected chi connectivity index (χ1v) is 3.44. The molecule has 0 bridgehead atoms. The van der Waals surface area contributed by atoms with E-state index in [0.29, 0.717) is 0 Å². The molecule has 0 aromatic heterocycles. The van der Waals surface area contributed by atoms with E-state index in [9.17, 15) is 0 Å².